The van der Waals surface area contributed by atoms with Crippen LogP contribution >= 0.6 is 0 Å². The lowest BCUT2D eigenvalue weighted by molar-refractivity contribution is 0.0950. The highest BCUT2D eigenvalue weighted by Crippen LogP contribution is 2.26. The Morgan fingerprint density at radius 1 is 1.06 bits per heavy atom. The minimum absolute atomic E-state index is 0.0452. The molecule has 4 aromatic rings. The average Bonchev–Trinajstić information content (AvgIpc) is 3.36. The monoisotopic (exact) mass is 456 g/mol. The third-order valence-electron chi connectivity index (χ3n) is 4.88. The molecule has 0 aliphatic carbocycles. The van der Waals surface area contributed by atoms with Crippen molar-refractivity contribution in [3.8, 4) is 28.5 Å². The lowest BCUT2D eigenvalue weighted by atomic mass is 10.1. The quantitative estimate of drug-likeness (QED) is 0.253. The van der Waals surface area contributed by atoms with Gasteiger partial charge in [-0.2, -0.15) is 10.2 Å². The summed E-state index contributed by atoms with van der Waals surface area (Å²) >= 11 is 0. The first-order chi connectivity index (χ1) is 16.6. The van der Waals surface area contributed by atoms with Crippen molar-refractivity contribution in [2.45, 2.75) is 13.5 Å². The first-order valence-corrected chi connectivity index (χ1v) is 10.7. The van der Waals surface area contributed by atoms with E-state index in [1.54, 1.807) is 18.2 Å². The molecule has 3 N–H and O–H groups in total. The van der Waals surface area contributed by atoms with Crippen molar-refractivity contribution < 1.29 is 19.4 Å². The van der Waals surface area contributed by atoms with E-state index in [-0.39, 0.29) is 11.4 Å². The van der Waals surface area contributed by atoms with Crippen molar-refractivity contribution in [2.24, 2.45) is 5.10 Å². The number of aromatic hydroxyl groups is 1. The Morgan fingerprint density at radius 3 is 2.62 bits per heavy atom. The van der Waals surface area contributed by atoms with Crippen LogP contribution in [-0.4, -0.2) is 34.0 Å². The largest absolute Gasteiger partial charge is 0.504 e. The molecule has 0 atom stereocenters. The Kier molecular flexibility index (Phi) is 7.19. The summed E-state index contributed by atoms with van der Waals surface area (Å²) in [6, 6.07) is 23.9. The van der Waals surface area contributed by atoms with Gasteiger partial charge in [-0.1, -0.05) is 30.3 Å². The molecule has 1 heterocycles. The highest BCUT2D eigenvalue weighted by molar-refractivity contribution is 5.94. The summed E-state index contributed by atoms with van der Waals surface area (Å²) in [5.41, 5.74) is 5.97. The van der Waals surface area contributed by atoms with E-state index in [0.29, 0.717) is 30.2 Å². The molecular weight excluding hydrogens is 432 g/mol. The second-order valence-electron chi connectivity index (χ2n) is 7.32. The van der Waals surface area contributed by atoms with Crippen LogP contribution in [0.1, 0.15) is 28.5 Å². The second kappa shape index (κ2) is 10.8. The van der Waals surface area contributed by atoms with Gasteiger partial charge in [-0.25, -0.2) is 5.43 Å². The van der Waals surface area contributed by atoms with E-state index in [1.165, 1.54) is 12.3 Å². The molecule has 0 spiro atoms. The van der Waals surface area contributed by atoms with Crippen LogP contribution in [-0.2, 0) is 6.61 Å². The molecule has 1 amide bonds. The molecule has 0 aliphatic heterocycles. The molecule has 172 valence electrons. The molecule has 0 radical (unpaired) electrons. The Labute approximate surface area is 196 Å². The maximum Gasteiger partial charge on any atom is 0.289 e. The Hall–Kier alpha value is -4.59. The van der Waals surface area contributed by atoms with Crippen LogP contribution < -0.4 is 14.9 Å². The van der Waals surface area contributed by atoms with Gasteiger partial charge < -0.3 is 14.6 Å². The van der Waals surface area contributed by atoms with Gasteiger partial charge >= 0.3 is 0 Å². The van der Waals surface area contributed by atoms with Crippen LogP contribution in [0.2, 0.25) is 0 Å². The fourth-order valence-electron chi connectivity index (χ4n) is 3.16. The third-order valence-corrected chi connectivity index (χ3v) is 4.88. The van der Waals surface area contributed by atoms with Gasteiger partial charge in [0.05, 0.1) is 18.5 Å². The van der Waals surface area contributed by atoms with E-state index in [9.17, 15) is 9.90 Å². The molecule has 3 aromatic carbocycles. The molecule has 1 aromatic heterocycles. The Bertz CT molecular complexity index is 1270. The zero-order chi connectivity index (χ0) is 23.8. The van der Waals surface area contributed by atoms with Crippen LogP contribution in [0.25, 0.3) is 11.3 Å². The molecule has 4 rings (SSSR count). The summed E-state index contributed by atoms with van der Waals surface area (Å²) in [6.07, 6.45) is 1.46. The van der Waals surface area contributed by atoms with Crippen molar-refractivity contribution in [1.82, 2.24) is 15.6 Å². The highest BCUT2D eigenvalue weighted by Gasteiger charge is 2.11. The first-order valence-electron chi connectivity index (χ1n) is 10.7. The van der Waals surface area contributed by atoms with Gasteiger partial charge in [0.25, 0.3) is 5.91 Å². The molecule has 0 saturated heterocycles. The summed E-state index contributed by atoms with van der Waals surface area (Å²) in [4.78, 5) is 12.4. The number of H-pyrrole nitrogens is 1. The molecule has 0 saturated carbocycles. The number of aromatic nitrogens is 2. The molecule has 8 heteroatoms. The van der Waals surface area contributed by atoms with Gasteiger partial charge in [-0.15, -0.1) is 0 Å². The number of hydrogen-bond donors (Lipinski definition) is 3. The predicted octanol–water partition coefficient (Wildman–Crippen LogP) is 4.52. The molecule has 8 nitrogen and oxygen atoms in total. The number of amides is 1. The maximum atomic E-state index is 12.4. The van der Waals surface area contributed by atoms with Crippen molar-refractivity contribution in [2.75, 3.05) is 6.61 Å². The number of carbonyl (C=O) groups is 1. The molecule has 34 heavy (non-hydrogen) atoms. The Balaban J connectivity index is 1.34. The van der Waals surface area contributed by atoms with E-state index < -0.39 is 5.91 Å². The van der Waals surface area contributed by atoms with Gasteiger partial charge in [0.2, 0.25) is 0 Å². The summed E-state index contributed by atoms with van der Waals surface area (Å²) in [6.45, 7) is 2.74. The zero-order valence-electron chi connectivity index (χ0n) is 18.6. The normalized spacial score (nSPS) is 10.9. The number of hydrazone groups is 1. The SMILES string of the molecule is CCOc1cc(/C=N\NC(=O)c2cc(-c3ccc(OCc4ccccc4)cc3)n[nH]2)ccc1O. The fraction of sp³-hybridized carbons (Fsp3) is 0.115. The standard InChI is InChI=1S/C26H24N4O4/c1-2-33-25-14-19(8-13-24(25)31)16-27-30-26(32)23-15-22(28-29-23)20-9-11-21(12-10-20)34-17-18-6-4-3-5-7-18/h3-16,31H,2,17H2,1H3,(H,28,29)(H,30,32)/b27-16-. The molecule has 0 aliphatic rings. The maximum absolute atomic E-state index is 12.4. The number of ether oxygens (including phenoxy) is 2. The van der Waals surface area contributed by atoms with Gasteiger partial charge in [-0.05, 0) is 66.6 Å². The number of phenolic OH excluding ortho intramolecular Hbond substituents is 1. The minimum atomic E-state index is -0.429. The fourth-order valence-corrected chi connectivity index (χ4v) is 3.16. The van der Waals surface area contributed by atoms with Gasteiger partial charge in [0.1, 0.15) is 18.1 Å². The number of benzene rings is 3. The van der Waals surface area contributed by atoms with Crippen LogP contribution in [0, 0.1) is 0 Å². The number of aromatic amines is 1. The number of hydrogen-bond acceptors (Lipinski definition) is 6. The van der Waals surface area contributed by atoms with Crippen molar-refractivity contribution in [1.29, 1.82) is 0 Å². The molecule has 0 unspecified atom stereocenters. The number of rotatable bonds is 9. The van der Waals surface area contributed by atoms with Crippen molar-refractivity contribution in [3.63, 3.8) is 0 Å². The van der Waals surface area contributed by atoms with Gasteiger partial charge in [-0.3, -0.25) is 9.89 Å². The number of carbonyl (C=O) groups excluding carboxylic acids is 1. The van der Waals surface area contributed by atoms with E-state index in [4.69, 9.17) is 9.47 Å². The van der Waals surface area contributed by atoms with Crippen LogP contribution in [0.4, 0.5) is 0 Å². The lowest BCUT2D eigenvalue weighted by Crippen LogP contribution is -2.18. The topological polar surface area (TPSA) is 109 Å². The van der Waals surface area contributed by atoms with Crippen molar-refractivity contribution in [3.05, 3.63) is 95.7 Å². The average molecular weight is 457 g/mol. The summed E-state index contributed by atoms with van der Waals surface area (Å²) in [5.74, 6) is 0.718. The number of nitrogens with one attached hydrogen (secondary N) is 2. The smallest absolute Gasteiger partial charge is 0.289 e. The summed E-state index contributed by atoms with van der Waals surface area (Å²) in [7, 11) is 0. The summed E-state index contributed by atoms with van der Waals surface area (Å²) in [5, 5.41) is 20.7. The molecule has 0 fully saturated rings. The van der Waals surface area contributed by atoms with E-state index >= 15 is 0 Å². The predicted molar refractivity (Wildman–Crippen MR) is 129 cm³/mol. The number of phenols is 1. The number of nitrogens with zero attached hydrogens (tertiary/aromatic N) is 2. The zero-order valence-corrected chi connectivity index (χ0v) is 18.6. The molecular formula is C26H24N4O4. The summed E-state index contributed by atoms with van der Waals surface area (Å²) < 4.78 is 11.1. The van der Waals surface area contributed by atoms with Gasteiger partial charge in [0.15, 0.2) is 11.5 Å². The minimum Gasteiger partial charge on any atom is -0.504 e. The first kappa shape index (κ1) is 22.6. The highest BCUT2D eigenvalue weighted by atomic mass is 16.5. The van der Waals surface area contributed by atoms with Crippen LogP contribution in [0.3, 0.4) is 0 Å². The van der Waals surface area contributed by atoms with E-state index in [1.807, 2.05) is 61.5 Å². The van der Waals surface area contributed by atoms with E-state index in [0.717, 1.165) is 16.9 Å². The van der Waals surface area contributed by atoms with Crippen LogP contribution in [0.15, 0.2) is 84.0 Å². The van der Waals surface area contributed by atoms with Crippen LogP contribution in [0.5, 0.6) is 17.2 Å². The van der Waals surface area contributed by atoms with Gasteiger partial charge in [0, 0.05) is 5.56 Å². The molecule has 0 bridgehead atoms. The third kappa shape index (κ3) is 5.80. The Morgan fingerprint density at radius 2 is 1.85 bits per heavy atom. The van der Waals surface area contributed by atoms with Crippen molar-refractivity contribution >= 4 is 12.1 Å². The van der Waals surface area contributed by atoms with E-state index in [2.05, 4.69) is 20.7 Å². The second-order valence-corrected chi connectivity index (χ2v) is 7.32. The lowest BCUT2D eigenvalue weighted by Gasteiger charge is -2.06.